The smallest absolute Gasteiger partial charge is 0.338 e. The van der Waals surface area contributed by atoms with Crippen LogP contribution < -0.4 is 5.32 Å². The summed E-state index contributed by atoms with van der Waals surface area (Å²) in [6.45, 7) is 11.3. The van der Waals surface area contributed by atoms with E-state index in [1.54, 1.807) is 0 Å². The second-order valence-corrected chi connectivity index (χ2v) is 11.6. The van der Waals surface area contributed by atoms with Gasteiger partial charge in [0.15, 0.2) is 0 Å². The van der Waals surface area contributed by atoms with Crippen molar-refractivity contribution in [3.05, 3.63) is 77.4 Å². The van der Waals surface area contributed by atoms with Crippen LogP contribution in [0.4, 0.5) is 0 Å². The molecule has 35 heavy (non-hydrogen) atoms. The molecule has 2 saturated carbocycles. The number of allylic oxidation sites excluding steroid dienone is 1. The topological polar surface area (TPSA) is 41.6 Å². The van der Waals surface area contributed by atoms with Gasteiger partial charge in [0, 0.05) is 31.7 Å². The summed E-state index contributed by atoms with van der Waals surface area (Å²) in [5.74, 6) is -0.245. The predicted molar refractivity (Wildman–Crippen MR) is 144 cm³/mol. The van der Waals surface area contributed by atoms with Crippen LogP contribution in [0.1, 0.15) is 81.3 Å². The fourth-order valence-corrected chi connectivity index (χ4v) is 5.12. The van der Waals surface area contributed by atoms with Crippen molar-refractivity contribution in [1.29, 1.82) is 0 Å². The Hall–Kier alpha value is -2.43. The molecule has 0 bridgehead atoms. The molecular formula is C31H42N2O2. The van der Waals surface area contributed by atoms with Crippen LogP contribution >= 0.6 is 0 Å². The summed E-state index contributed by atoms with van der Waals surface area (Å²) in [6.07, 6.45) is 10.9. The van der Waals surface area contributed by atoms with Crippen molar-refractivity contribution < 1.29 is 9.53 Å². The van der Waals surface area contributed by atoms with Crippen molar-refractivity contribution in [2.45, 2.75) is 84.0 Å². The van der Waals surface area contributed by atoms with Gasteiger partial charge in [0.1, 0.15) is 5.60 Å². The Kier molecular flexibility index (Phi) is 8.13. The van der Waals surface area contributed by atoms with Gasteiger partial charge >= 0.3 is 5.97 Å². The van der Waals surface area contributed by atoms with Crippen molar-refractivity contribution in [3.63, 3.8) is 0 Å². The second kappa shape index (κ2) is 11.1. The molecule has 1 saturated heterocycles. The fourth-order valence-electron chi connectivity index (χ4n) is 5.12. The molecule has 5 rings (SSSR count). The number of hydrogen-bond acceptors (Lipinski definition) is 4. The van der Waals surface area contributed by atoms with Gasteiger partial charge in [-0.05, 0) is 81.5 Å². The van der Waals surface area contributed by atoms with E-state index in [4.69, 9.17) is 4.74 Å². The molecule has 188 valence electrons. The molecule has 2 aromatic rings. The van der Waals surface area contributed by atoms with Crippen molar-refractivity contribution in [1.82, 2.24) is 10.2 Å². The molecule has 1 heterocycles. The van der Waals surface area contributed by atoms with E-state index in [1.165, 1.54) is 49.9 Å². The second-order valence-electron chi connectivity index (χ2n) is 11.6. The average Bonchev–Trinajstić information content (AvgIpc) is 3.59. The molecular weight excluding hydrogens is 432 g/mol. The molecule has 2 aromatic carbocycles. The average molecular weight is 475 g/mol. The van der Waals surface area contributed by atoms with Crippen molar-refractivity contribution in [2.75, 3.05) is 13.1 Å². The number of hydrogen-bond donors (Lipinski definition) is 1. The molecule has 0 radical (unpaired) electrons. The van der Waals surface area contributed by atoms with Gasteiger partial charge in [-0.25, -0.2) is 4.79 Å². The van der Waals surface area contributed by atoms with Gasteiger partial charge in [-0.1, -0.05) is 61.5 Å². The lowest BCUT2D eigenvalue weighted by Crippen LogP contribution is -2.65. The van der Waals surface area contributed by atoms with E-state index in [9.17, 15) is 4.79 Å². The number of esters is 1. The number of benzene rings is 2. The first-order valence-corrected chi connectivity index (χ1v) is 13.3. The van der Waals surface area contributed by atoms with Crippen LogP contribution in [0.2, 0.25) is 0 Å². The minimum atomic E-state index is -0.448. The van der Waals surface area contributed by atoms with Gasteiger partial charge in [0.05, 0.1) is 5.56 Å². The SMILES string of the molecule is CC(C)(C)OC(=O)c1ccc(CN2CC3(CC(NC4CC4)C3)C2)cc1.CC/C=C\c1ccccc1. The maximum Gasteiger partial charge on any atom is 0.338 e. The predicted octanol–water partition coefficient (Wildman–Crippen LogP) is 6.47. The van der Waals surface area contributed by atoms with Gasteiger partial charge < -0.3 is 10.1 Å². The minimum Gasteiger partial charge on any atom is -0.456 e. The van der Waals surface area contributed by atoms with Crippen LogP contribution in [0.3, 0.4) is 0 Å². The standard InChI is InChI=1S/C21H30N2O2.C10H12/c1-20(2,3)25-19(24)16-6-4-15(5-7-16)12-23-13-21(14-23)10-18(11-21)22-17-8-9-17;1-2-3-7-10-8-5-4-6-9-10/h4-7,17-18,22H,8-14H2,1-3H3;3-9H,2H2,1H3/b;7-3-. The van der Waals surface area contributed by atoms with E-state index in [-0.39, 0.29) is 5.97 Å². The molecule has 4 heteroatoms. The molecule has 0 unspecified atom stereocenters. The first kappa shape index (κ1) is 25.7. The Morgan fingerprint density at radius 1 is 1.03 bits per heavy atom. The van der Waals surface area contributed by atoms with Gasteiger partial charge in [-0.15, -0.1) is 0 Å². The molecule has 0 atom stereocenters. The lowest BCUT2D eigenvalue weighted by atomic mass is 9.60. The normalized spacial score (nSPS) is 19.5. The quantitative estimate of drug-likeness (QED) is 0.467. The number of likely N-dealkylation sites (tertiary alicyclic amines) is 1. The number of nitrogens with one attached hydrogen (secondary N) is 1. The molecule has 4 nitrogen and oxygen atoms in total. The Bertz CT molecular complexity index is 973. The van der Waals surface area contributed by atoms with Crippen molar-refractivity contribution >= 4 is 12.0 Å². The molecule has 0 amide bonds. The lowest BCUT2D eigenvalue weighted by molar-refractivity contribution is -0.0832. The van der Waals surface area contributed by atoms with E-state index in [2.05, 4.69) is 65.7 Å². The largest absolute Gasteiger partial charge is 0.456 e. The van der Waals surface area contributed by atoms with E-state index >= 15 is 0 Å². The van der Waals surface area contributed by atoms with Crippen LogP contribution in [-0.4, -0.2) is 41.6 Å². The summed E-state index contributed by atoms with van der Waals surface area (Å²) < 4.78 is 5.41. The van der Waals surface area contributed by atoms with Gasteiger partial charge in [-0.2, -0.15) is 0 Å². The van der Waals surface area contributed by atoms with Crippen molar-refractivity contribution in [2.24, 2.45) is 5.41 Å². The van der Waals surface area contributed by atoms with Gasteiger partial charge in [-0.3, -0.25) is 4.90 Å². The Morgan fingerprint density at radius 3 is 2.26 bits per heavy atom. The summed E-state index contributed by atoms with van der Waals surface area (Å²) >= 11 is 0. The molecule has 1 N–H and O–H groups in total. The zero-order chi connectivity index (χ0) is 24.9. The number of carbonyl (C=O) groups is 1. The summed E-state index contributed by atoms with van der Waals surface area (Å²) in [5.41, 5.74) is 3.34. The first-order valence-electron chi connectivity index (χ1n) is 13.3. The number of nitrogens with zero attached hydrogens (tertiary/aromatic N) is 1. The Balaban J connectivity index is 0.000000243. The van der Waals surface area contributed by atoms with E-state index in [0.717, 1.165) is 25.0 Å². The van der Waals surface area contributed by atoms with E-state index < -0.39 is 5.60 Å². The maximum absolute atomic E-state index is 12.1. The highest BCUT2D eigenvalue weighted by molar-refractivity contribution is 5.89. The third kappa shape index (κ3) is 7.78. The molecule has 3 aliphatic rings. The third-order valence-electron chi connectivity index (χ3n) is 6.87. The first-order chi connectivity index (χ1) is 16.7. The molecule has 1 aliphatic heterocycles. The van der Waals surface area contributed by atoms with Crippen LogP contribution in [-0.2, 0) is 11.3 Å². The highest BCUT2D eigenvalue weighted by atomic mass is 16.6. The maximum atomic E-state index is 12.1. The molecule has 2 aliphatic carbocycles. The van der Waals surface area contributed by atoms with Crippen LogP contribution in [0.25, 0.3) is 6.08 Å². The number of carbonyl (C=O) groups excluding carboxylic acids is 1. The number of rotatable bonds is 7. The molecule has 0 aromatic heterocycles. The summed E-state index contributed by atoms with van der Waals surface area (Å²) in [7, 11) is 0. The van der Waals surface area contributed by atoms with E-state index in [1.807, 2.05) is 39.0 Å². The fraction of sp³-hybridized carbons (Fsp3) is 0.516. The number of ether oxygens (including phenoxy) is 1. The zero-order valence-electron chi connectivity index (χ0n) is 21.9. The third-order valence-corrected chi connectivity index (χ3v) is 6.87. The molecule has 3 fully saturated rings. The van der Waals surface area contributed by atoms with Gasteiger partial charge in [0.25, 0.3) is 0 Å². The Morgan fingerprint density at radius 2 is 1.69 bits per heavy atom. The van der Waals surface area contributed by atoms with Crippen LogP contribution in [0.5, 0.6) is 0 Å². The highest BCUT2D eigenvalue weighted by Gasteiger charge is 2.52. The van der Waals surface area contributed by atoms with Crippen LogP contribution in [0.15, 0.2) is 60.7 Å². The lowest BCUT2D eigenvalue weighted by Gasteiger charge is -2.59. The molecule has 1 spiro atoms. The van der Waals surface area contributed by atoms with Crippen LogP contribution in [0, 0.1) is 5.41 Å². The minimum absolute atomic E-state index is 0.245. The Labute approximate surface area is 211 Å². The van der Waals surface area contributed by atoms with Crippen molar-refractivity contribution in [3.8, 4) is 0 Å². The van der Waals surface area contributed by atoms with E-state index in [0.29, 0.717) is 11.0 Å². The highest BCUT2D eigenvalue weighted by Crippen LogP contribution is 2.49. The summed E-state index contributed by atoms with van der Waals surface area (Å²) in [5, 5.41) is 3.75. The zero-order valence-corrected chi connectivity index (χ0v) is 21.9. The summed E-state index contributed by atoms with van der Waals surface area (Å²) in [6, 6.07) is 19.8. The van der Waals surface area contributed by atoms with Gasteiger partial charge in [0.2, 0.25) is 0 Å². The summed E-state index contributed by atoms with van der Waals surface area (Å²) in [4.78, 5) is 14.6. The monoisotopic (exact) mass is 474 g/mol.